The Labute approximate surface area is 101 Å². The molecule has 17 heavy (non-hydrogen) atoms. The van der Waals surface area contributed by atoms with Gasteiger partial charge >= 0.3 is 0 Å². The summed E-state index contributed by atoms with van der Waals surface area (Å²) in [6.07, 6.45) is 1.61. The summed E-state index contributed by atoms with van der Waals surface area (Å²) < 4.78 is 5.60. The average Bonchev–Trinajstić information content (AvgIpc) is 2.53. The van der Waals surface area contributed by atoms with E-state index in [1.165, 1.54) is 0 Å². The number of hydrogen-bond donors (Lipinski definition) is 0. The van der Waals surface area contributed by atoms with E-state index in [2.05, 4.69) is 0 Å². The van der Waals surface area contributed by atoms with Crippen LogP contribution in [-0.4, -0.2) is 5.60 Å². The first-order chi connectivity index (χ1) is 8.01. The van der Waals surface area contributed by atoms with Crippen LogP contribution in [0, 0.1) is 34.0 Å². The standard InChI is InChI=1S/C13H13N3O/c1-4-5-11-10(8-16)12(9(6-14)7-15)17-13(11,2)3/h4-5H2,1-3H3. The van der Waals surface area contributed by atoms with Crippen molar-refractivity contribution in [3.05, 3.63) is 22.5 Å². The first kappa shape index (κ1) is 12.8. The van der Waals surface area contributed by atoms with Gasteiger partial charge in [0.25, 0.3) is 0 Å². The minimum Gasteiger partial charge on any atom is -0.480 e. The predicted molar refractivity (Wildman–Crippen MR) is 61.0 cm³/mol. The minimum atomic E-state index is -0.616. The summed E-state index contributed by atoms with van der Waals surface area (Å²) >= 11 is 0. The lowest BCUT2D eigenvalue weighted by Crippen LogP contribution is -2.21. The molecular formula is C13H13N3O. The first-order valence-electron chi connectivity index (χ1n) is 5.39. The maximum absolute atomic E-state index is 9.16. The van der Waals surface area contributed by atoms with E-state index in [1.54, 1.807) is 12.1 Å². The Bertz CT molecular complexity index is 502. The highest BCUT2D eigenvalue weighted by molar-refractivity contribution is 5.57. The van der Waals surface area contributed by atoms with Crippen molar-refractivity contribution >= 4 is 0 Å². The van der Waals surface area contributed by atoms with Crippen molar-refractivity contribution < 1.29 is 4.74 Å². The van der Waals surface area contributed by atoms with E-state index in [1.807, 2.05) is 26.8 Å². The van der Waals surface area contributed by atoms with E-state index < -0.39 is 5.60 Å². The fraction of sp³-hybridized carbons (Fsp3) is 0.462. The van der Waals surface area contributed by atoms with Crippen LogP contribution in [0.25, 0.3) is 0 Å². The molecule has 4 heteroatoms. The smallest absolute Gasteiger partial charge is 0.172 e. The van der Waals surface area contributed by atoms with E-state index in [0.717, 1.165) is 18.4 Å². The van der Waals surface area contributed by atoms with E-state index >= 15 is 0 Å². The Balaban J connectivity index is 3.46. The van der Waals surface area contributed by atoms with E-state index in [0.29, 0.717) is 5.57 Å². The Morgan fingerprint density at radius 3 is 2.24 bits per heavy atom. The molecule has 0 saturated carbocycles. The SMILES string of the molecule is CCCC1=C(C#N)C(=C(C#N)C#N)OC1(C)C. The first-order valence-corrected chi connectivity index (χ1v) is 5.39. The fourth-order valence-corrected chi connectivity index (χ4v) is 1.90. The minimum absolute atomic E-state index is 0.131. The van der Waals surface area contributed by atoms with E-state index in [-0.39, 0.29) is 11.3 Å². The van der Waals surface area contributed by atoms with Crippen LogP contribution >= 0.6 is 0 Å². The highest BCUT2D eigenvalue weighted by Gasteiger charge is 2.38. The van der Waals surface area contributed by atoms with Gasteiger partial charge in [0.2, 0.25) is 0 Å². The molecule has 0 aromatic rings. The van der Waals surface area contributed by atoms with Gasteiger partial charge in [-0.1, -0.05) is 13.3 Å². The van der Waals surface area contributed by atoms with Gasteiger partial charge in [-0.15, -0.1) is 0 Å². The highest BCUT2D eigenvalue weighted by Crippen LogP contribution is 2.41. The Morgan fingerprint density at radius 2 is 1.82 bits per heavy atom. The van der Waals surface area contributed by atoms with Gasteiger partial charge in [0.15, 0.2) is 11.3 Å². The van der Waals surface area contributed by atoms with Crippen molar-refractivity contribution in [3.8, 4) is 18.2 Å². The van der Waals surface area contributed by atoms with Crippen LogP contribution in [0.1, 0.15) is 33.6 Å². The molecule has 4 nitrogen and oxygen atoms in total. The zero-order valence-corrected chi connectivity index (χ0v) is 10.2. The lowest BCUT2D eigenvalue weighted by molar-refractivity contribution is 0.0900. The second-order valence-corrected chi connectivity index (χ2v) is 4.26. The summed E-state index contributed by atoms with van der Waals surface area (Å²) in [5.74, 6) is 0.131. The number of hydrogen-bond acceptors (Lipinski definition) is 4. The molecule has 0 N–H and O–H groups in total. The van der Waals surface area contributed by atoms with E-state index in [9.17, 15) is 0 Å². The summed E-state index contributed by atoms with van der Waals surface area (Å²) in [6, 6.07) is 5.58. The van der Waals surface area contributed by atoms with Gasteiger partial charge in [0.05, 0.1) is 5.57 Å². The van der Waals surface area contributed by atoms with Crippen molar-refractivity contribution in [2.45, 2.75) is 39.2 Å². The molecule has 86 valence electrons. The third kappa shape index (κ3) is 2.14. The third-order valence-electron chi connectivity index (χ3n) is 2.68. The molecule has 0 spiro atoms. The second kappa shape index (κ2) is 4.73. The van der Waals surface area contributed by atoms with Crippen LogP contribution in [0.2, 0.25) is 0 Å². The number of nitrogens with zero attached hydrogens (tertiary/aromatic N) is 3. The number of rotatable bonds is 2. The van der Waals surface area contributed by atoms with Gasteiger partial charge in [-0.25, -0.2) is 0 Å². The molecule has 0 aromatic heterocycles. The lowest BCUT2D eigenvalue weighted by atomic mass is 9.91. The Hall–Kier alpha value is -2.25. The molecule has 0 unspecified atom stereocenters. The predicted octanol–water partition coefficient (Wildman–Crippen LogP) is 2.72. The molecule has 0 aliphatic carbocycles. The Kier molecular flexibility index (Phi) is 3.56. The Morgan fingerprint density at radius 1 is 1.24 bits per heavy atom. The van der Waals surface area contributed by atoms with Gasteiger partial charge in [-0.3, -0.25) is 0 Å². The van der Waals surface area contributed by atoms with Crippen molar-refractivity contribution in [2.75, 3.05) is 0 Å². The molecule has 1 aliphatic rings. The molecule has 0 atom stereocenters. The topological polar surface area (TPSA) is 80.6 Å². The largest absolute Gasteiger partial charge is 0.480 e. The zero-order chi connectivity index (χ0) is 13.1. The molecule has 0 fully saturated rings. The third-order valence-corrected chi connectivity index (χ3v) is 2.68. The number of nitriles is 3. The van der Waals surface area contributed by atoms with Gasteiger partial charge in [0.1, 0.15) is 23.8 Å². The number of allylic oxidation sites excluding steroid dienone is 2. The molecule has 0 aromatic carbocycles. The molecule has 0 amide bonds. The van der Waals surface area contributed by atoms with Gasteiger partial charge in [-0.2, -0.15) is 15.8 Å². The zero-order valence-electron chi connectivity index (χ0n) is 10.2. The summed E-state index contributed by atoms with van der Waals surface area (Å²) in [7, 11) is 0. The molecular weight excluding hydrogens is 214 g/mol. The van der Waals surface area contributed by atoms with Crippen molar-refractivity contribution in [3.63, 3.8) is 0 Å². The van der Waals surface area contributed by atoms with Crippen LogP contribution in [0.4, 0.5) is 0 Å². The molecule has 1 heterocycles. The molecule has 0 bridgehead atoms. The van der Waals surface area contributed by atoms with Crippen LogP contribution in [0.15, 0.2) is 22.5 Å². The normalized spacial score (nSPS) is 16.8. The van der Waals surface area contributed by atoms with E-state index in [4.69, 9.17) is 20.5 Å². The lowest BCUT2D eigenvalue weighted by Gasteiger charge is -2.22. The van der Waals surface area contributed by atoms with Crippen molar-refractivity contribution in [1.29, 1.82) is 15.8 Å². The number of ether oxygens (including phenoxy) is 1. The highest BCUT2D eigenvalue weighted by atomic mass is 16.5. The monoisotopic (exact) mass is 227 g/mol. The molecule has 1 rings (SSSR count). The van der Waals surface area contributed by atoms with Crippen molar-refractivity contribution in [2.24, 2.45) is 0 Å². The average molecular weight is 227 g/mol. The molecule has 1 aliphatic heterocycles. The molecule has 0 radical (unpaired) electrons. The van der Waals surface area contributed by atoms with Crippen LogP contribution < -0.4 is 0 Å². The quantitative estimate of drug-likeness (QED) is 0.679. The van der Waals surface area contributed by atoms with Gasteiger partial charge in [-0.05, 0) is 25.8 Å². The summed E-state index contributed by atoms with van der Waals surface area (Å²) in [4.78, 5) is 0. The molecule has 0 saturated heterocycles. The van der Waals surface area contributed by atoms with Crippen LogP contribution in [-0.2, 0) is 4.74 Å². The van der Waals surface area contributed by atoms with Gasteiger partial charge < -0.3 is 4.74 Å². The van der Waals surface area contributed by atoms with Gasteiger partial charge in [0, 0.05) is 0 Å². The summed E-state index contributed by atoms with van der Waals surface area (Å²) in [6.45, 7) is 5.69. The maximum Gasteiger partial charge on any atom is 0.172 e. The fourth-order valence-electron chi connectivity index (χ4n) is 1.90. The van der Waals surface area contributed by atoms with Crippen LogP contribution in [0.3, 0.4) is 0 Å². The summed E-state index contributed by atoms with van der Waals surface area (Å²) in [5.41, 5.74) is 0.450. The van der Waals surface area contributed by atoms with Crippen LogP contribution in [0.5, 0.6) is 0 Å². The second-order valence-electron chi connectivity index (χ2n) is 4.26. The van der Waals surface area contributed by atoms with Crippen molar-refractivity contribution in [1.82, 2.24) is 0 Å². The maximum atomic E-state index is 9.16. The summed E-state index contributed by atoms with van der Waals surface area (Å²) in [5, 5.41) is 26.9.